The van der Waals surface area contributed by atoms with Crippen LogP contribution in [0.15, 0.2) is 36.5 Å². The average molecular weight is 444 g/mol. The standard InChI is InChI=1S/C23H33N5O4/c1-23(2,3)20(22(32)27-14-17(29)12-18(27)21(31)24-4)28-13-16(25-26-28)10-11-19(30)15-8-6-5-7-9-15/h5-9,13,17-20,29-30H,10-12,14H2,1-4H3,(H,24,31)/t17?,18?,19?,20-/m1/s1. The summed E-state index contributed by atoms with van der Waals surface area (Å²) in [6.07, 6.45) is 1.57. The summed E-state index contributed by atoms with van der Waals surface area (Å²) in [7, 11) is 1.52. The third-order valence-electron chi connectivity index (χ3n) is 5.85. The Morgan fingerprint density at radius 2 is 1.94 bits per heavy atom. The van der Waals surface area contributed by atoms with E-state index < -0.39 is 29.7 Å². The molecule has 1 aromatic carbocycles. The second kappa shape index (κ2) is 9.79. The number of aliphatic hydroxyl groups excluding tert-OH is 2. The number of carbonyl (C=O) groups is 2. The van der Waals surface area contributed by atoms with Crippen LogP contribution in [-0.4, -0.2) is 67.7 Å². The number of carbonyl (C=O) groups excluding carboxylic acids is 2. The molecular weight excluding hydrogens is 410 g/mol. The molecule has 9 nitrogen and oxygen atoms in total. The van der Waals surface area contributed by atoms with Gasteiger partial charge in [-0.25, -0.2) is 4.68 Å². The van der Waals surface area contributed by atoms with E-state index in [0.29, 0.717) is 18.5 Å². The Hall–Kier alpha value is -2.78. The first kappa shape index (κ1) is 23.9. The number of rotatable bonds is 7. The van der Waals surface area contributed by atoms with Crippen molar-refractivity contribution in [2.24, 2.45) is 5.41 Å². The van der Waals surface area contributed by atoms with Crippen molar-refractivity contribution >= 4 is 11.8 Å². The van der Waals surface area contributed by atoms with Crippen LogP contribution >= 0.6 is 0 Å². The van der Waals surface area contributed by atoms with Gasteiger partial charge in [0, 0.05) is 26.2 Å². The van der Waals surface area contributed by atoms with Crippen LogP contribution in [0.4, 0.5) is 0 Å². The first-order valence-electron chi connectivity index (χ1n) is 11.0. The Kier molecular flexibility index (Phi) is 7.30. The maximum absolute atomic E-state index is 13.5. The van der Waals surface area contributed by atoms with Crippen LogP contribution in [0, 0.1) is 5.41 Å². The number of hydrogen-bond donors (Lipinski definition) is 3. The molecule has 3 unspecified atom stereocenters. The van der Waals surface area contributed by atoms with Gasteiger partial charge in [0.05, 0.1) is 17.9 Å². The fourth-order valence-corrected chi connectivity index (χ4v) is 4.19. The average Bonchev–Trinajstić information content (AvgIpc) is 3.37. The molecule has 2 aromatic rings. The molecule has 0 saturated carbocycles. The van der Waals surface area contributed by atoms with Crippen molar-refractivity contribution in [3.05, 3.63) is 47.8 Å². The molecule has 3 rings (SSSR count). The lowest BCUT2D eigenvalue weighted by molar-refractivity contribution is -0.144. The van der Waals surface area contributed by atoms with Gasteiger partial charge in [0.2, 0.25) is 11.8 Å². The number of amides is 2. The maximum Gasteiger partial charge on any atom is 0.248 e. The van der Waals surface area contributed by atoms with Gasteiger partial charge in [0.1, 0.15) is 12.1 Å². The fraction of sp³-hybridized carbons (Fsp3) is 0.565. The van der Waals surface area contributed by atoms with Gasteiger partial charge in [-0.1, -0.05) is 56.3 Å². The lowest BCUT2D eigenvalue weighted by atomic mass is 9.85. The highest BCUT2D eigenvalue weighted by atomic mass is 16.3. The second-order valence-corrected chi connectivity index (χ2v) is 9.43. The first-order chi connectivity index (χ1) is 15.1. The normalized spacial score (nSPS) is 20.8. The van der Waals surface area contributed by atoms with E-state index in [1.54, 1.807) is 6.20 Å². The number of aliphatic hydroxyl groups is 2. The third kappa shape index (κ3) is 5.34. The highest BCUT2D eigenvalue weighted by Crippen LogP contribution is 2.34. The van der Waals surface area contributed by atoms with E-state index in [9.17, 15) is 19.8 Å². The first-order valence-corrected chi connectivity index (χ1v) is 11.0. The highest BCUT2D eigenvalue weighted by Gasteiger charge is 2.44. The van der Waals surface area contributed by atoms with Crippen molar-refractivity contribution in [3.8, 4) is 0 Å². The van der Waals surface area contributed by atoms with Crippen LogP contribution in [0.2, 0.25) is 0 Å². The maximum atomic E-state index is 13.5. The summed E-state index contributed by atoms with van der Waals surface area (Å²) >= 11 is 0. The number of β-amino-alcohol motifs (C(OH)–C–C–N with tert-alkyl or cyclic N) is 1. The second-order valence-electron chi connectivity index (χ2n) is 9.43. The molecule has 32 heavy (non-hydrogen) atoms. The summed E-state index contributed by atoms with van der Waals surface area (Å²) in [5.74, 6) is -0.569. The molecular formula is C23H33N5O4. The number of likely N-dealkylation sites (N-methyl/N-ethyl adjacent to an activating group) is 1. The lowest BCUT2D eigenvalue weighted by Gasteiger charge is -2.34. The molecule has 3 N–H and O–H groups in total. The summed E-state index contributed by atoms with van der Waals surface area (Å²) in [4.78, 5) is 27.3. The molecule has 1 fully saturated rings. The molecule has 0 radical (unpaired) electrons. The highest BCUT2D eigenvalue weighted by molar-refractivity contribution is 5.90. The Morgan fingerprint density at radius 1 is 1.25 bits per heavy atom. The summed E-state index contributed by atoms with van der Waals surface area (Å²) in [6.45, 7) is 5.89. The summed E-state index contributed by atoms with van der Waals surface area (Å²) < 4.78 is 1.54. The van der Waals surface area contributed by atoms with E-state index >= 15 is 0 Å². The van der Waals surface area contributed by atoms with Crippen LogP contribution in [0.25, 0.3) is 0 Å². The molecule has 174 valence electrons. The van der Waals surface area contributed by atoms with Gasteiger partial charge in [-0.15, -0.1) is 5.10 Å². The van der Waals surface area contributed by atoms with Gasteiger partial charge in [-0.3, -0.25) is 9.59 Å². The Morgan fingerprint density at radius 3 is 2.56 bits per heavy atom. The van der Waals surface area contributed by atoms with E-state index in [-0.39, 0.29) is 24.8 Å². The molecule has 2 amide bonds. The molecule has 0 bridgehead atoms. The topological polar surface area (TPSA) is 121 Å². The molecule has 1 aromatic heterocycles. The van der Waals surface area contributed by atoms with E-state index in [2.05, 4.69) is 15.6 Å². The van der Waals surface area contributed by atoms with Gasteiger partial charge in [-0.2, -0.15) is 0 Å². The van der Waals surface area contributed by atoms with Gasteiger partial charge < -0.3 is 20.4 Å². The van der Waals surface area contributed by atoms with Crippen LogP contribution in [-0.2, 0) is 16.0 Å². The summed E-state index contributed by atoms with van der Waals surface area (Å²) in [6, 6.07) is 8.02. The zero-order valence-electron chi connectivity index (χ0n) is 19.1. The van der Waals surface area contributed by atoms with Gasteiger partial charge in [0.25, 0.3) is 0 Å². The van der Waals surface area contributed by atoms with Crippen LogP contribution in [0.1, 0.15) is 57.0 Å². The van der Waals surface area contributed by atoms with E-state index in [4.69, 9.17) is 0 Å². The predicted octanol–water partition coefficient (Wildman–Crippen LogP) is 1.24. The quantitative estimate of drug-likeness (QED) is 0.592. The molecule has 0 spiro atoms. The van der Waals surface area contributed by atoms with Crippen molar-refractivity contribution in [2.45, 2.75) is 64.3 Å². The van der Waals surface area contributed by atoms with Crippen LogP contribution in [0.3, 0.4) is 0 Å². The number of hydrogen-bond acceptors (Lipinski definition) is 6. The molecule has 2 heterocycles. The zero-order chi connectivity index (χ0) is 23.5. The van der Waals surface area contributed by atoms with E-state index in [1.807, 2.05) is 51.1 Å². The number of nitrogens with one attached hydrogen (secondary N) is 1. The summed E-state index contributed by atoms with van der Waals surface area (Å²) in [5, 5.41) is 31.5. The largest absolute Gasteiger partial charge is 0.391 e. The summed E-state index contributed by atoms with van der Waals surface area (Å²) in [5.41, 5.74) is 1.01. The van der Waals surface area contributed by atoms with Gasteiger partial charge >= 0.3 is 0 Å². The molecule has 0 aliphatic carbocycles. The molecule has 1 saturated heterocycles. The molecule has 9 heteroatoms. The molecule has 1 aliphatic rings. The lowest BCUT2D eigenvalue weighted by Crippen LogP contribution is -2.49. The third-order valence-corrected chi connectivity index (χ3v) is 5.85. The van der Waals surface area contributed by atoms with Crippen molar-refractivity contribution in [2.75, 3.05) is 13.6 Å². The van der Waals surface area contributed by atoms with Crippen molar-refractivity contribution in [1.82, 2.24) is 25.2 Å². The monoisotopic (exact) mass is 443 g/mol. The fourth-order valence-electron chi connectivity index (χ4n) is 4.19. The Labute approximate surface area is 188 Å². The molecule has 1 aliphatic heterocycles. The van der Waals surface area contributed by atoms with Crippen LogP contribution < -0.4 is 5.32 Å². The number of likely N-dealkylation sites (tertiary alicyclic amines) is 1. The number of nitrogens with zero attached hydrogens (tertiary/aromatic N) is 4. The predicted molar refractivity (Wildman–Crippen MR) is 118 cm³/mol. The smallest absolute Gasteiger partial charge is 0.248 e. The SMILES string of the molecule is CNC(=O)C1CC(O)CN1C(=O)[C@@H](n1cc(CCC(O)c2ccccc2)nn1)C(C)(C)C. The minimum absolute atomic E-state index is 0.105. The number of benzene rings is 1. The number of aryl methyl sites for hydroxylation is 1. The van der Waals surface area contributed by atoms with Crippen molar-refractivity contribution < 1.29 is 19.8 Å². The zero-order valence-corrected chi connectivity index (χ0v) is 19.1. The van der Waals surface area contributed by atoms with Crippen LogP contribution in [0.5, 0.6) is 0 Å². The minimum Gasteiger partial charge on any atom is -0.391 e. The molecule has 4 atom stereocenters. The van der Waals surface area contributed by atoms with Crippen molar-refractivity contribution in [1.29, 1.82) is 0 Å². The van der Waals surface area contributed by atoms with E-state index in [0.717, 1.165) is 5.56 Å². The van der Waals surface area contributed by atoms with E-state index in [1.165, 1.54) is 16.6 Å². The Bertz CT molecular complexity index is 924. The Balaban J connectivity index is 1.76. The number of aromatic nitrogens is 3. The van der Waals surface area contributed by atoms with Gasteiger partial charge in [0.15, 0.2) is 0 Å². The van der Waals surface area contributed by atoms with Gasteiger partial charge in [-0.05, 0) is 23.8 Å². The van der Waals surface area contributed by atoms with Crippen molar-refractivity contribution in [3.63, 3.8) is 0 Å². The minimum atomic E-state index is -0.743.